The van der Waals surface area contributed by atoms with Crippen molar-refractivity contribution in [2.75, 3.05) is 6.61 Å². The predicted octanol–water partition coefficient (Wildman–Crippen LogP) is 2.04. The van der Waals surface area contributed by atoms with Crippen LogP contribution in [0.4, 0.5) is 5.69 Å². The fourth-order valence-electron chi connectivity index (χ4n) is 3.98. The molecule has 0 saturated heterocycles. The van der Waals surface area contributed by atoms with Gasteiger partial charge in [0.05, 0.1) is 9.82 Å². The van der Waals surface area contributed by atoms with Crippen LogP contribution in [-0.4, -0.2) is 43.2 Å². The zero-order chi connectivity index (χ0) is 21.5. The molecule has 2 aromatic carbocycles. The minimum absolute atomic E-state index is 0.0609. The third kappa shape index (κ3) is 3.68. The number of hydrogen-bond acceptors (Lipinski definition) is 7. The number of nitro benzene ring substituents is 1. The van der Waals surface area contributed by atoms with E-state index in [1.54, 1.807) is 12.1 Å². The Bertz CT molecular complexity index is 1100. The van der Waals surface area contributed by atoms with Gasteiger partial charge in [-0.3, -0.25) is 10.1 Å². The molecule has 2 aliphatic rings. The molecule has 1 fully saturated rings. The van der Waals surface area contributed by atoms with Gasteiger partial charge in [-0.05, 0) is 31.0 Å². The molecular formula is C19H18N2O8S. The second-order valence-electron chi connectivity index (χ2n) is 7.10. The van der Waals surface area contributed by atoms with Crippen LogP contribution in [-0.2, 0) is 14.8 Å². The number of hydrogen-bond donors (Lipinski definition) is 2. The standard InChI is InChI=1S/C19H18N2O8S/c22-17(23)10-28-16-3-1-2-13-18-14(8-9-15(18)29-19(13)16)20-30(26,27)12-6-4-11(5-7-12)21(24)25/h1-7,14-15,18,20H,8-10H2,(H,22,23). The van der Waals surface area contributed by atoms with Crippen molar-refractivity contribution in [3.63, 3.8) is 0 Å². The van der Waals surface area contributed by atoms with E-state index in [4.69, 9.17) is 14.6 Å². The maximum Gasteiger partial charge on any atom is 0.341 e. The summed E-state index contributed by atoms with van der Waals surface area (Å²) < 4.78 is 39.5. The van der Waals surface area contributed by atoms with Gasteiger partial charge in [0.25, 0.3) is 5.69 Å². The molecule has 10 nitrogen and oxygen atoms in total. The molecule has 1 aliphatic carbocycles. The van der Waals surface area contributed by atoms with Gasteiger partial charge in [-0.1, -0.05) is 12.1 Å². The number of benzene rings is 2. The number of non-ortho nitro benzene ring substituents is 1. The van der Waals surface area contributed by atoms with Crippen molar-refractivity contribution in [1.29, 1.82) is 0 Å². The quantitative estimate of drug-likeness (QED) is 0.497. The SMILES string of the molecule is O=C(O)COc1cccc2c1OC1CCC(NS(=O)(=O)c3ccc([N+](=O)[O-])cc3)C21. The average Bonchev–Trinajstić information content (AvgIpc) is 3.26. The van der Waals surface area contributed by atoms with E-state index >= 15 is 0 Å². The van der Waals surface area contributed by atoms with E-state index in [2.05, 4.69) is 4.72 Å². The summed E-state index contributed by atoms with van der Waals surface area (Å²) in [5.41, 5.74) is 0.568. The first-order valence-corrected chi connectivity index (χ1v) is 10.7. The topological polar surface area (TPSA) is 145 Å². The van der Waals surface area contributed by atoms with E-state index < -0.39 is 33.6 Å². The van der Waals surface area contributed by atoms with E-state index in [0.29, 0.717) is 24.3 Å². The molecule has 0 spiro atoms. The van der Waals surface area contributed by atoms with E-state index in [1.165, 1.54) is 12.1 Å². The third-order valence-electron chi connectivity index (χ3n) is 5.25. The summed E-state index contributed by atoms with van der Waals surface area (Å²) in [6.45, 7) is -0.509. The van der Waals surface area contributed by atoms with Crippen LogP contribution in [0.2, 0.25) is 0 Å². The summed E-state index contributed by atoms with van der Waals surface area (Å²) in [4.78, 5) is 20.9. The number of sulfonamides is 1. The maximum atomic E-state index is 12.8. The first-order valence-electron chi connectivity index (χ1n) is 9.17. The van der Waals surface area contributed by atoms with E-state index in [0.717, 1.165) is 17.7 Å². The molecule has 3 atom stereocenters. The van der Waals surface area contributed by atoms with E-state index in [-0.39, 0.29) is 22.6 Å². The molecule has 1 heterocycles. The van der Waals surface area contributed by atoms with E-state index in [1.807, 2.05) is 6.07 Å². The zero-order valence-electron chi connectivity index (χ0n) is 15.6. The lowest BCUT2D eigenvalue weighted by molar-refractivity contribution is -0.384. The molecule has 4 rings (SSSR count). The lowest BCUT2D eigenvalue weighted by atomic mass is 9.94. The fraction of sp³-hybridized carbons (Fsp3) is 0.316. The number of rotatable bonds is 7. The van der Waals surface area contributed by atoms with Crippen molar-refractivity contribution in [2.24, 2.45) is 0 Å². The molecule has 2 aromatic rings. The lowest BCUT2D eigenvalue weighted by Crippen LogP contribution is -2.37. The summed E-state index contributed by atoms with van der Waals surface area (Å²) in [5.74, 6) is -0.616. The van der Waals surface area contributed by atoms with Crippen LogP contribution in [0.15, 0.2) is 47.4 Å². The number of nitrogens with one attached hydrogen (secondary N) is 1. The molecule has 158 valence electrons. The predicted molar refractivity (Wildman–Crippen MR) is 103 cm³/mol. The minimum atomic E-state index is -3.90. The van der Waals surface area contributed by atoms with Gasteiger partial charge >= 0.3 is 5.97 Å². The Morgan fingerprint density at radius 1 is 1.23 bits per heavy atom. The summed E-state index contributed by atoms with van der Waals surface area (Å²) >= 11 is 0. The molecule has 0 aromatic heterocycles. The van der Waals surface area contributed by atoms with Crippen molar-refractivity contribution in [3.05, 3.63) is 58.1 Å². The third-order valence-corrected chi connectivity index (χ3v) is 6.76. The Balaban J connectivity index is 1.56. The molecule has 3 unspecified atom stereocenters. The number of nitro groups is 1. The number of para-hydroxylation sites is 1. The second-order valence-corrected chi connectivity index (χ2v) is 8.81. The fourth-order valence-corrected chi connectivity index (χ4v) is 5.28. The number of aliphatic carboxylic acids is 1. The summed E-state index contributed by atoms with van der Waals surface area (Å²) in [6, 6.07) is 9.38. The Kier molecular flexibility index (Phi) is 5.08. The maximum absolute atomic E-state index is 12.8. The molecule has 1 saturated carbocycles. The van der Waals surface area contributed by atoms with Gasteiger partial charge in [0.1, 0.15) is 6.10 Å². The van der Waals surface area contributed by atoms with Crippen LogP contribution in [0.5, 0.6) is 11.5 Å². The first kappa shape index (κ1) is 20.1. The van der Waals surface area contributed by atoms with Crippen LogP contribution in [0.3, 0.4) is 0 Å². The van der Waals surface area contributed by atoms with Gasteiger partial charge in [0, 0.05) is 29.7 Å². The Morgan fingerprint density at radius 3 is 2.63 bits per heavy atom. The van der Waals surface area contributed by atoms with Gasteiger partial charge in [0.15, 0.2) is 18.1 Å². The molecule has 30 heavy (non-hydrogen) atoms. The highest BCUT2D eigenvalue weighted by atomic mass is 32.2. The number of carbonyl (C=O) groups is 1. The van der Waals surface area contributed by atoms with Crippen LogP contribution in [0, 0.1) is 10.1 Å². The van der Waals surface area contributed by atoms with Gasteiger partial charge in [-0.2, -0.15) is 0 Å². The zero-order valence-corrected chi connectivity index (χ0v) is 16.4. The highest BCUT2D eigenvalue weighted by molar-refractivity contribution is 7.89. The van der Waals surface area contributed by atoms with Gasteiger partial charge in [-0.25, -0.2) is 17.9 Å². The highest BCUT2D eigenvalue weighted by Crippen LogP contribution is 2.51. The highest BCUT2D eigenvalue weighted by Gasteiger charge is 2.47. The summed E-state index contributed by atoms with van der Waals surface area (Å²) in [6.07, 6.45) is 0.922. The van der Waals surface area contributed by atoms with Crippen molar-refractivity contribution in [1.82, 2.24) is 4.72 Å². The number of nitrogens with zero attached hydrogens (tertiary/aromatic N) is 1. The molecule has 1 aliphatic heterocycles. The molecule has 2 N–H and O–H groups in total. The number of ether oxygens (including phenoxy) is 2. The van der Waals surface area contributed by atoms with E-state index in [9.17, 15) is 23.3 Å². The number of carboxylic acid groups (broad SMARTS) is 1. The first-order chi connectivity index (χ1) is 14.3. The Morgan fingerprint density at radius 2 is 1.97 bits per heavy atom. The molecule has 11 heteroatoms. The number of carboxylic acids is 1. The van der Waals surface area contributed by atoms with Gasteiger partial charge in [0.2, 0.25) is 10.0 Å². The van der Waals surface area contributed by atoms with Gasteiger partial charge in [-0.15, -0.1) is 0 Å². The molecular weight excluding hydrogens is 416 g/mol. The largest absolute Gasteiger partial charge is 0.486 e. The monoisotopic (exact) mass is 434 g/mol. The van der Waals surface area contributed by atoms with Crippen LogP contribution in [0.1, 0.15) is 24.3 Å². The summed E-state index contributed by atoms with van der Waals surface area (Å²) in [7, 11) is -3.90. The van der Waals surface area contributed by atoms with Crippen molar-refractivity contribution in [3.8, 4) is 11.5 Å². The Hall–Kier alpha value is -3.18. The second kappa shape index (κ2) is 7.58. The normalized spacial score (nSPS) is 22.1. The van der Waals surface area contributed by atoms with Crippen molar-refractivity contribution < 1.29 is 32.7 Å². The minimum Gasteiger partial charge on any atom is -0.486 e. The van der Waals surface area contributed by atoms with Crippen LogP contribution >= 0.6 is 0 Å². The molecule has 0 radical (unpaired) electrons. The van der Waals surface area contributed by atoms with Crippen molar-refractivity contribution in [2.45, 2.75) is 35.8 Å². The summed E-state index contributed by atoms with van der Waals surface area (Å²) in [5, 5.41) is 19.6. The smallest absolute Gasteiger partial charge is 0.341 e. The Labute approximate surface area is 171 Å². The van der Waals surface area contributed by atoms with Gasteiger partial charge < -0.3 is 14.6 Å². The van der Waals surface area contributed by atoms with Crippen LogP contribution in [0.25, 0.3) is 0 Å². The van der Waals surface area contributed by atoms with Crippen LogP contribution < -0.4 is 14.2 Å². The molecule has 0 amide bonds. The average molecular weight is 434 g/mol. The lowest BCUT2D eigenvalue weighted by Gasteiger charge is -2.19. The van der Waals surface area contributed by atoms with Crippen molar-refractivity contribution >= 4 is 21.7 Å². The molecule has 0 bridgehead atoms. The number of fused-ring (bicyclic) bond motifs is 3.